The lowest BCUT2D eigenvalue weighted by molar-refractivity contribution is -0.125. The van der Waals surface area contributed by atoms with Crippen molar-refractivity contribution in [1.29, 1.82) is 0 Å². The summed E-state index contributed by atoms with van der Waals surface area (Å²) in [7, 11) is 0. The maximum absolute atomic E-state index is 11.3. The number of aryl methyl sites for hydroxylation is 1. The fourth-order valence-corrected chi connectivity index (χ4v) is 1.19. The van der Waals surface area contributed by atoms with Gasteiger partial charge in [-0.15, -0.1) is 0 Å². The minimum atomic E-state index is -0.135. The lowest BCUT2D eigenvalue weighted by atomic mass is 10.1. The van der Waals surface area contributed by atoms with Gasteiger partial charge >= 0.3 is 0 Å². The van der Waals surface area contributed by atoms with Gasteiger partial charge in [0.2, 0.25) is 5.91 Å². The van der Waals surface area contributed by atoms with E-state index in [9.17, 15) is 4.79 Å². The molecule has 0 unspecified atom stereocenters. The molecule has 3 N–H and O–H groups in total. The molecular weight excluding hydrogens is 206 g/mol. The number of nitrogens with zero attached hydrogens (tertiary/aromatic N) is 1. The average molecular weight is 223 g/mol. The molecule has 88 valence electrons. The highest BCUT2D eigenvalue weighted by molar-refractivity contribution is 5.77. The quantitative estimate of drug-likeness (QED) is 0.664. The Balaban J connectivity index is 2.29. The molecule has 1 amide bonds. The van der Waals surface area contributed by atoms with E-state index >= 15 is 0 Å². The van der Waals surface area contributed by atoms with Gasteiger partial charge in [-0.05, 0) is 24.1 Å². The number of carbonyl (C=O) groups excluding carboxylic acids is 1. The summed E-state index contributed by atoms with van der Waals surface area (Å²) in [4.78, 5) is 15.3. The molecule has 0 radical (unpaired) electrons. The minimum absolute atomic E-state index is 0.0569. The van der Waals surface area contributed by atoms with Crippen molar-refractivity contribution in [2.75, 3.05) is 19.8 Å². The number of ether oxygens (including phenoxy) is 1. The normalized spacial score (nSPS) is 10.1. The molecule has 0 atom stereocenters. The Morgan fingerprint density at radius 2 is 2.44 bits per heavy atom. The predicted octanol–water partition coefficient (Wildman–Crippen LogP) is -0.0185. The predicted molar refractivity (Wildman–Crippen MR) is 60.7 cm³/mol. The summed E-state index contributed by atoms with van der Waals surface area (Å²) in [5.41, 5.74) is 7.35. The summed E-state index contributed by atoms with van der Waals surface area (Å²) in [6.45, 7) is 3.35. The second kappa shape index (κ2) is 6.92. The van der Waals surface area contributed by atoms with Gasteiger partial charge in [0.25, 0.3) is 0 Å². The zero-order valence-electron chi connectivity index (χ0n) is 9.40. The third kappa shape index (κ3) is 4.37. The number of amides is 1. The number of rotatable bonds is 6. The maximum atomic E-state index is 11.3. The Bertz CT molecular complexity index is 342. The summed E-state index contributed by atoms with van der Waals surface area (Å²) in [5, 5.41) is 2.77. The Labute approximate surface area is 95.0 Å². The van der Waals surface area contributed by atoms with Crippen LogP contribution in [-0.2, 0) is 16.1 Å². The molecule has 0 aliphatic heterocycles. The number of hydrogen-bond acceptors (Lipinski definition) is 4. The van der Waals surface area contributed by atoms with Crippen molar-refractivity contribution < 1.29 is 9.53 Å². The van der Waals surface area contributed by atoms with E-state index in [1.165, 1.54) is 0 Å². The molecule has 1 aromatic heterocycles. The van der Waals surface area contributed by atoms with E-state index < -0.39 is 0 Å². The van der Waals surface area contributed by atoms with Crippen molar-refractivity contribution >= 4 is 5.91 Å². The van der Waals surface area contributed by atoms with Gasteiger partial charge in [0, 0.05) is 25.5 Å². The number of nitrogens with one attached hydrogen (secondary N) is 1. The first kappa shape index (κ1) is 12.6. The van der Waals surface area contributed by atoms with Gasteiger partial charge in [0.05, 0.1) is 6.61 Å². The summed E-state index contributed by atoms with van der Waals surface area (Å²) in [6.07, 6.45) is 3.48. The van der Waals surface area contributed by atoms with Gasteiger partial charge in [0.1, 0.15) is 6.61 Å². The summed E-state index contributed by atoms with van der Waals surface area (Å²) >= 11 is 0. The Kier molecular flexibility index (Phi) is 5.45. The molecular formula is C11H17N3O2. The molecule has 5 heteroatoms. The van der Waals surface area contributed by atoms with Gasteiger partial charge < -0.3 is 15.8 Å². The lowest BCUT2D eigenvalue weighted by Gasteiger charge is -2.07. The number of nitrogens with two attached hydrogens (primary N) is 1. The van der Waals surface area contributed by atoms with Crippen molar-refractivity contribution in [2.45, 2.75) is 13.5 Å². The van der Waals surface area contributed by atoms with Crippen LogP contribution in [0.2, 0.25) is 0 Å². The van der Waals surface area contributed by atoms with Crippen LogP contribution in [0, 0.1) is 6.92 Å². The van der Waals surface area contributed by atoms with Crippen LogP contribution in [0.4, 0.5) is 0 Å². The average Bonchev–Trinajstić information content (AvgIpc) is 2.28. The van der Waals surface area contributed by atoms with Crippen molar-refractivity contribution in [1.82, 2.24) is 10.3 Å². The molecule has 0 fully saturated rings. The SMILES string of the molecule is Cc1cnccc1CNC(=O)COCCN. The number of pyridine rings is 1. The van der Waals surface area contributed by atoms with E-state index in [4.69, 9.17) is 10.5 Å². The standard InChI is InChI=1S/C11H17N3O2/c1-9-6-13-4-2-10(9)7-14-11(15)8-16-5-3-12/h2,4,6H,3,5,7-8,12H2,1H3,(H,14,15). The Hall–Kier alpha value is -1.46. The monoisotopic (exact) mass is 223 g/mol. The van der Waals surface area contributed by atoms with Gasteiger partial charge in [-0.1, -0.05) is 0 Å². The molecule has 0 spiro atoms. The van der Waals surface area contributed by atoms with Crippen LogP contribution in [0.1, 0.15) is 11.1 Å². The minimum Gasteiger partial charge on any atom is -0.370 e. The fourth-order valence-electron chi connectivity index (χ4n) is 1.19. The summed E-state index contributed by atoms with van der Waals surface area (Å²) in [6, 6.07) is 1.89. The first-order valence-corrected chi connectivity index (χ1v) is 5.18. The Morgan fingerprint density at radius 1 is 1.62 bits per heavy atom. The Morgan fingerprint density at radius 3 is 3.12 bits per heavy atom. The molecule has 1 rings (SSSR count). The zero-order valence-corrected chi connectivity index (χ0v) is 9.40. The van der Waals surface area contributed by atoms with Crippen molar-refractivity contribution in [3.8, 4) is 0 Å². The van der Waals surface area contributed by atoms with Gasteiger partial charge in [0.15, 0.2) is 0 Å². The van der Waals surface area contributed by atoms with Gasteiger partial charge in [-0.25, -0.2) is 0 Å². The number of carbonyl (C=O) groups is 1. The van der Waals surface area contributed by atoms with Crippen molar-refractivity contribution in [3.05, 3.63) is 29.6 Å². The molecule has 0 saturated carbocycles. The fraction of sp³-hybridized carbons (Fsp3) is 0.455. The highest BCUT2D eigenvalue weighted by Crippen LogP contribution is 2.03. The van der Waals surface area contributed by atoms with Crippen LogP contribution < -0.4 is 11.1 Å². The van der Waals surface area contributed by atoms with Crippen LogP contribution in [0.3, 0.4) is 0 Å². The third-order valence-corrected chi connectivity index (χ3v) is 2.11. The highest BCUT2D eigenvalue weighted by Gasteiger charge is 2.02. The number of aromatic nitrogens is 1. The van der Waals surface area contributed by atoms with E-state index in [0.717, 1.165) is 11.1 Å². The number of hydrogen-bond donors (Lipinski definition) is 2. The van der Waals surface area contributed by atoms with E-state index in [0.29, 0.717) is 19.7 Å². The largest absolute Gasteiger partial charge is 0.370 e. The lowest BCUT2D eigenvalue weighted by Crippen LogP contribution is -2.28. The molecule has 16 heavy (non-hydrogen) atoms. The summed E-state index contributed by atoms with van der Waals surface area (Å²) in [5.74, 6) is -0.135. The van der Waals surface area contributed by atoms with Crippen molar-refractivity contribution in [2.24, 2.45) is 5.73 Å². The molecule has 0 aromatic carbocycles. The first-order chi connectivity index (χ1) is 7.74. The van der Waals surface area contributed by atoms with Crippen molar-refractivity contribution in [3.63, 3.8) is 0 Å². The molecule has 5 nitrogen and oxygen atoms in total. The molecule has 0 aliphatic rings. The van der Waals surface area contributed by atoms with Crippen LogP contribution in [0.25, 0.3) is 0 Å². The van der Waals surface area contributed by atoms with Crippen LogP contribution in [-0.4, -0.2) is 30.6 Å². The molecule has 0 bridgehead atoms. The summed E-state index contributed by atoms with van der Waals surface area (Å²) < 4.78 is 5.01. The van der Waals surface area contributed by atoms with Crippen LogP contribution in [0.5, 0.6) is 0 Å². The van der Waals surface area contributed by atoms with Crippen LogP contribution in [0.15, 0.2) is 18.5 Å². The topological polar surface area (TPSA) is 77.2 Å². The molecule has 1 heterocycles. The second-order valence-electron chi connectivity index (χ2n) is 3.42. The van der Waals surface area contributed by atoms with E-state index in [1.54, 1.807) is 12.4 Å². The molecule has 1 aromatic rings. The third-order valence-electron chi connectivity index (χ3n) is 2.11. The van der Waals surface area contributed by atoms with E-state index in [2.05, 4.69) is 10.3 Å². The van der Waals surface area contributed by atoms with Gasteiger partial charge in [-0.3, -0.25) is 9.78 Å². The zero-order chi connectivity index (χ0) is 11.8. The van der Waals surface area contributed by atoms with Gasteiger partial charge in [-0.2, -0.15) is 0 Å². The molecule has 0 saturated heterocycles. The van der Waals surface area contributed by atoms with E-state index in [-0.39, 0.29) is 12.5 Å². The first-order valence-electron chi connectivity index (χ1n) is 5.18. The maximum Gasteiger partial charge on any atom is 0.246 e. The van der Waals surface area contributed by atoms with Crippen LogP contribution >= 0.6 is 0 Å². The molecule has 0 aliphatic carbocycles. The smallest absolute Gasteiger partial charge is 0.246 e. The van der Waals surface area contributed by atoms with E-state index in [1.807, 2.05) is 13.0 Å². The second-order valence-corrected chi connectivity index (χ2v) is 3.42. The highest BCUT2D eigenvalue weighted by atomic mass is 16.5.